The normalized spacial score (nSPS) is 32.8. The predicted molar refractivity (Wildman–Crippen MR) is 64.0 cm³/mol. The average Bonchev–Trinajstić information content (AvgIpc) is 2.30. The number of hydrogen-bond donors (Lipinski definition) is 1. The molecule has 2 nitrogen and oxygen atoms in total. The van der Waals surface area contributed by atoms with Crippen molar-refractivity contribution in [3.8, 4) is 0 Å². The zero-order chi connectivity index (χ0) is 9.80. The lowest BCUT2D eigenvalue weighted by atomic mass is 9.96. The van der Waals surface area contributed by atoms with Crippen LogP contribution in [0.4, 0.5) is 0 Å². The third-order valence-corrected chi connectivity index (χ3v) is 4.85. The lowest BCUT2D eigenvalue weighted by Gasteiger charge is -2.38. The molecule has 2 atom stereocenters. The van der Waals surface area contributed by atoms with E-state index in [1.807, 2.05) is 0 Å². The number of rotatable bonds is 2. The first kappa shape index (κ1) is 10.8. The van der Waals surface area contributed by atoms with Crippen LogP contribution in [-0.4, -0.2) is 48.6 Å². The molecule has 2 saturated heterocycles. The van der Waals surface area contributed by atoms with E-state index >= 15 is 0 Å². The van der Waals surface area contributed by atoms with Crippen LogP contribution in [0.5, 0.6) is 0 Å². The van der Waals surface area contributed by atoms with E-state index in [1.54, 1.807) is 0 Å². The molecule has 0 aromatic heterocycles. The highest BCUT2D eigenvalue weighted by Crippen LogP contribution is 2.27. The largest absolute Gasteiger partial charge is 0.314 e. The summed E-state index contributed by atoms with van der Waals surface area (Å²) in [6.07, 6.45) is 2.89. The van der Waals surface area contributed by atoms with Crippen LogP contribution in [0.25, 0.3) is 0 Å². The lowest BCUT2D eigenvalue weighted by Crippen LogP contribution is -2.50. The van der Waals surface area contributed by atoms with E-state index in [2.05, 4.69) is 28.9 Å². The van der Waals surface area contributed by atoms with Gasteiger partial charge in [0.1, 0.15) is 0 Å². The minimum absolute atomic E-state index is 0.810. The molecule has 0 saturated carbocycles. The van der Waals surface area contributed by atoms with Crippen molar-refractivity contribution in [1.82, 2.24) is 10.2 Å². The number of nitrogens with zero attached hydrogens (tertiary/aromatic N) is 1. The Labute approximate surface area is 91.8 Å². The maximum atomic E-state index is 3.43. The van der Waals surface area contributed by atoms with Gasteiger partial charge in [-0.1, -0.05) is 0 Å². The molecule has 1 N–H and O–H groups in total. The van der Waals surface area contributed by atoms with E-state index < -0.39 is 0 Å². The molecule has 0 aliphatic carbocycles. The van der Waals surface area contributed by atoms with Crippen molar-refractivity contribution in [3.63, 3.8) is 0 Å². The summed E-state index contributed by atoms with van der Waals surface area (Å²) in [7, 11) is 0. The van der Waals surface area contributed by atoms with E-state index in [4.69, 9.17) is 0 Å². The molecular formula is C11H22N2S. The van der Waals surface area contributed by atoms with Crippen molar-refractivity contribution in [2.75, 3.05) is 37.7 Å². The standard InChI is InChI=1S/C11H22N2S/c1-10(11-3-2-8-14-9-11)13-6-4-12-5-7-13/h10-12H,2-9H2,1H3. The van der Waals surface area contributed by atoms with Gasteiger partial charge in [0.15, 0.2) is 0 Å². The van der Waals surface area contributed by atoms with Gasteiger partial charge in [0.05, 0.1) is 0 Å². The van der Waals surface area contributed by atoms with Gasteiger partial charge in [-0.2, -0.15) is 11.8 Å². The molecule has 0 radical (unpaired) electrons. The fourth-order valence-electron chi connectivity index (χ4n) is 2.53. The van der Waals surface area contributed by atoms with Gasteiger partial charge >= 0.3 is 0 Å². The highest BCUT2D eigenvalue weighted by Gasteiger charge is 2.25. The number of thioether (sulfide) groups is 1. The Morgan fingerprint density at radius 2 is 2.14 bits per heavy atom. The Balaban J connectivity index is 1.82. The molecule has 2 aliphatic heterocycles. The quantitative estimate of drug-likeness (QED) is 0.748. The second kappa shape index (κ2) is 5.38. The molecule has 0 aromatic rings. The van der Waals surface area contributed by atoms with Crippen LogP contribution < -0.4 is 5.32 Å². The average molecular weight is 214 g/mol. The Kier molecular flexibility index (Phi) is 4.14. The predicted octanol–water partition coefficient (Wildman–Crippen LogP) is 1.42. The van der Waals surface area contributed by atoms with E-state index in [1.165, 1.54) is 50.5 Å². The molecule has 0 spiro atoms. The van der Waals surface area contributed by atoms with Gasteiger partial charge in [-0.25, -0.2) is 0 Å². The molecule has 2 heterocycles. The molecule has 0 aromatic carbocycles. The first-order valence-corrected chi connectivity index (χ1v) is 7.06. The van der Waals surface area contributed by atoms with Gasteiger partial charge in [0, 0.05) is 32.2 Å². The first-order valence-electron chi connectivity index (χ1n) is 5.90. The Morgan fingerprint density at radius 3 is 2.79 bits per heavy atom. The van der Waals surface area contributed by atoms with Crippen LogP contribution in [-0.2, 0) is 0 Å². The summed E-state index contributed by atoms with van der Waals surface area (Å²) >= 11 is 2.15. The number of piperazine rings is 1. The smallest absolute Gasteiger partial charge is 0.0110 e. The Hall–Kier alpha value is 0.270. The maximum absolute atomic E-state index is 3.43. The van der Waals surface area contributed by atoms with Crippen molar-refractivity contribution < 1.29 is 0 Å². The minimum atomic E-state index is 0.810. The molecule has 2 fully saturated rings. The second-order valence-electron chi connectivity index (χ2n) is 4.50. The summed E-state index contributed by atoms with van der Waals surface area (Å²) in [6, 6.07) is 0.810. The highest BCUT2D eigenvalue weighted by molar-refractivity contribution is 7.99. The monoisotopic (exact) mass is 214 g/mol. The Morgan fingerprint density at radius 1 is 1.36 bits per heavy atom. The van der Waals surface area contributed by atoms with Gasteiger partial charge in [-0.15, -0.1) is 0 Å². The molecule has 0 bridgehead atoms. The van der Waals surface area contributed by atoms with Crippen molar-refractivity contribution in [3.05, 3.63) is 0 Å². The van der Waals surface area contributed by atoms with Gasteiger partial charge in [0.2, 0.25) is 0 Å². The zero-order valence-electron chi connectivity index (χ0n) is 9.17. The van der Waals surface area contributed by atoms with Crippen molar-refractivity contribution in [1.29, 1.82) is 0 Å². The van der Waals surface area contributed by atoms with Crippen molar-refractivity contribution in [2.45, 2.75) is 25.8 Å². The molecule has 2 rings (SSSR count). The van der Waals surface area contributed by atoms with E-state index in [0.29, 0.717) is 0 Å². The van der Waals surface area contributed by atoms with Crippen LogP contribution in [0, 0.1) is 5.92 Å². The van der Waals surface area contributed by atoms with E-state index in [9.17, 15) is 0 Å². The van der Waals surface area contributed by atoms with E-state index in [0.717, 1.165) is 12.0 Å². The number of hydrogen-bond acceptors (Lipinski definition) is 3. The number of nitrogens with one attached hydrogen (secondary N) is 1. The molecule has 2 aliphatic rings. The van der Waals surface area contributed by atoms with Crippen molar-refractivity contribution in [2.24, 2.45) is 5.92 Å². The van der Waals surface area contributed by atoms with Crippen LogP contribution in [0.2, 0.25) is 0 Å². The molecule has 2 unspecified atom stereocenters. The first-order chi connectivity index (χ1) is 6.88. The maximum Gasteiger partial charge on any atom is 0.0110 e. The molecule has 0 amide bonds. The lowest BCUT2D eigenvalue weighted by molar-refractivity contribution is 0.139. The van der Waals surface area contributed by atoms with Gasteiger partial charge in [-0.05, 0) is 37.2 Å². The molecule has 82 valence electrons. The third-order valence-electron chi connectivity index (χ3n) is 3.61. The van der Waals surface area contributed by atoms with Gasteiger partial charge in [-0.3, -0.25) is 4.90 Å². The summed E-state index contributed by atoms with van der Waals surface area (Å²) in [5.74, 6) is 3.74. The zero-order valence-corrected chi connectivity index (χ0v) is 9.98. The molecule has 14 heavy (non-hydrogen) atoms. The van der Waals surface area contributed by atoms with Crippen LogP contribution in [0.3, 0.4) is 0 Å². The molecule has 3 heteroatoms. The summed E-state index contributed by atoms with van der Waals surface area (Å²) in [6.45, 7) is 7.31. The highest BCUT2D eigenvalue weighted by atomic mass is 32.2. The topological polar surface area (TPSA) is 15.3 Å². The summed E-state index contributed by atoms with van der Waals surface area (Å²) < 4.78 is 0. The molecular weight excluding hydrogens is 192 g/mol. The fraction of sp³-hybridized carbons (Fsp3) is 1.00. The summed E-state index contributed by atoms with van der Waals surface area (Å²) in [5.41, 5.74) is 0. The fourth-order valence-corrected chi connectivity index (χ4v) is 3.82. The van der Waals surface area contributed by atoms with Crippen molar-refractivity contribution >= 4 is 11.8 Å². The Bertz CT molecular complexity index is 145. The summed E-state index contributed by atoms with van der Waals surface area (Å²) in [5, 5.41) is 3.43. The van der Waals surface area contributed by atoms with E-state index in [-0.39, 0.29) is 0 Å². The second-order valence-corrected chi connectivity index (χ2v) is 5.65. The summed E-state index contributed by atoms with van der Waals surface area (Å²) in [4.78, 5) is 2.67. The SMILES string of the molecule is CC(C1CCCSC1)N1CCNCC1. The van der Waals surface area contributed by atoms with Crippen LogP contribution in [0.15, 0.2) is 0 Å². The van der Waals surface area contributed by atoms with Gasteiger partial charge < -0.3 is 5.32 Å². The van der Waals surface area contributed by atoms with Gasteiger partial charge in [0.25, 0.3) is 0 Å². The minimum Gasteiger partial charge on any atom is -0.314 e. The third kappa shape index (κ3) is 2.65. The van der Waals surface area contributed by atoms with Crippen LogP contribution in [0.1, 0.15) is 19.8 Å². The van der Waals surface area contributed by atoms with Crippen LogP contribution >= 0.6 is 11.8 Å².